The Morgan fingerprint density at radius 3 is 2.74 bits per heavy atom. The van der Waals surface area contributed by atoms with Gasteiger partial charge in [0, 0.05) is 31.7 Å². The molecule has 0 spiro atoms. The van der Waals surface area contributed by atoms with Crippen molar-refractivity contribution in [3.8, 4) is 5.75 Å². The fourth-order valence-corrected chi connectivity index (χ4v) is 2.54. The molecule has 1 aliphatic heterocycles. The molecule has 2 N–H and O–H groups in total. The minimum Gasteiger partial charge on any atom is -0.494 e. The van der Waals surface area contributed by atoms with E-state index in [1.165, 1.54) is 13.2 Å². The first kappa shape index (κ1) is 14.2. The molecule has 106 valence electrons. The van der Waals surface area contributed by atoms with Crippen LogP contribution in [-0.4, -0.2) is 56.7 Å². The third kappa shape index (κ3) is 3.05. The van der Waals surface area contributed by atoms with Gasteiger partial charge >= 0.3 is 0 Å². The van der Waals surface area contributed by atoms with Gasteiger partial charge in [0.05, 0.1) is 7.11 Å². The van der Waals surface area contributed by atoms with Crippen LogP contribution in [0.2, 0.25) is 0 Å². The summed E-state index contributed by atoms with van der Waals surface area (Å²) >= 11 is 0. The number of likely N-dealkylation sites (N-methyl/N-ethyl adjacent to an activating group) is 2. The van der Waals surface area contributed by atoms with Crippen LogP contribution in [0, 0.1) is 5.82 Å². The maximum Gasteiger partial charge on any atom is 0.165 e. The number of methoxy groups -OCH3 is 1. The van der Waals surface area contributed by atoms with Crippen molar-refractivity contribution in [1.82, 2.24) is 9.80 Å². The highest BCUT2D eigenvalue weighted by Crippen LogP contribution is 2.25. The average Bonchev–Trinajstić information content (AvgIpc) is 2.40. The van der Waals surface area contributed by atoms with Gasteiger partial charge < -0.3 is 15.4 Å². The lowest BCUT2D eigenvalue weighted by Crippen LogP contribution is -2.54. The number of nitrogens with zero attached hydrogens (tertiary/aromatic N) is 2. The zero-order valence-electron chi connectivity index (χ0n) is 11.8. The molecule has 1 aromatic carbocycles. The summed E-state index contributed by atoms with van der Waals surface area (Å²) in [5.74, 6) is -0.104. The van der Waals surface area contributed by atoms with Crippen molar-refractivity contribution in [2.45, 2.75) is 12.1 Å². The minimum absolute atomic E-state index is 0.201. The monoisotopic (exact) mass is 267 g/mol. The van der Waals surface area contributed by atoms with Crippen LogP contribution in [0.15, 0.2) is 18.2 Å². The number of hydrogen-bond donors (Lipinski definition) is 1. The molecule has 0 bridgehead atoms. The topological polar surface area (TPSA) is 41.7 Å². The van der Waals surface area contributed by atoms with Crippen LogP contribution < -0.4 is 10.5 Å². The SMILES string of the molecule is COc1ccc(C(N)C2CN(C)CCN2C)cc1F. The predicted octanol–water partition coefficient (Wildman–Crippen LogP) is 1.08. The van der Waals surface area contributed by atoms with Gasteiger partial charge in [-0.2, -0.15) is 0 Å². The Kier molecular flexibility index (Phi) is 4.39. The molecule has 2 atom stereocenters. The molecule has 5 heteroatoms. The van der Waals surface area contributed by atoms with Gasteiger partial charge in [-0.25, -0.2) is 4.39 Å². The summed E-state index contributed by atoms with van der Waals surface area (Å²) in [6, 6.07) is 4.96. The van der Waals surface area contributed by atoms with Crippen molar-refractivity contribution in [2.24, 2.45) is 5.73 Å². The van der Waals surface area contributed by atoms with Gasteiger partial charge in [0.15, 0.2) is 11.6 Å². The summed E-state index contributed by atoms with van der Waals surface area (Å²) in [7, 11) is 5.61. The predicted molar refractivity (Wildman–Crippen MR) is 73.8 cm³/mol. The Morgan fingerprint density at radius 1 is 1.37 bits per heavy atom. The highest BCUT2D eigenvalue weighted by Gasteiger charge is 2.28. The molecule has 19 heavy (non-hydrogen) atoms. The highest BCUT2D eigenvalue weighted by molar-refractivity contribution is 5.31. The number of benzene rings is 1. The van der Waals surface area contributed by atoms with E-state index in [2.05, 4.69) is 23.9 Å². The van der Waals surface area contributed by atoms with Crippen molar-refractivity contribution in [2.75, 3.05) is 40.8 Å². The molecule has 0 aliphatic carbocycles. The summed E-state index contributed by atoms with van der Waals surface area (Å²) in [6.07, 6.45) is 0. The largest absolute Gasteiger partial charge is 0.494 e. The lowest BCUT2D eigenvalue weighted by molar-refractivity contribution is 0.0973. The molecule has 2 rings (SSSR count). The van der Waals surface area contributed by atoms with Crippen LogP contribution in [0.25, 0.3) is 0 Å². The summed E-state index contributed by atoms with van der Waals surface area (Å²) in [6.45, 7) is 2.91. The van der Waals surface area contributed by atoms with E-state index >= 15 is 0 Å². The summed E-state index contributed by atoms with van der Waals surface area (Å²) in [5.41, 5.74) is 7.12. The van der Waals surface area contributed by atoms with Crippen LogP contribution in [0.1, 0.15) is 11.6 Å². The molecule has 1 saturated heterocycles. The fourth-order valence-electron chi connectivity index (χ4n) is 2.54. The van der Waals surface area contributed by atoms with Crippen molar-refractivity contribution in [3.05, 3.63) is 29.6 Å². The Balaban J connectivity index is 2.18. The van der Waals surface area contributed by atoms with E-state index in [0.29, 0.717) is 0 Å². The van der Waals surface area contributed by atoms with Gasteiger partial charge in [-0.15, -0.1) is 0 Å². The molecule has 1 fully saturated rings. The van der Waals surface area contributed by atoms with Crippen molar-refractivity contribution in [3.63, 3.8) is 0 Å². The molecular formula is C14H22FN3O. The zero-order valence-corrected chi connectivity index (χ0v) is 11.8. The van der Waals surface area contributed by atoms with E-state index in [0.717, 1.165) is 25.2 Å². The second kappa shape index (κ2) is 5.86. The van der Waals surface area contributed by atoms with Crippen molar-refractivity contribution in [1.29, 1.82) is 0 Å². The molecule has 1 aromatic rings. The van der Waals surface area contributed by atoms with Crippen LogP contribution in [0.4, 0.5) is 4.39 Å². The Morgan fingerprint density at radius 2 is 2.11 bits per heavy atom. The zero-order chi connectivity index (χ0) is 14.0. The summed E-state index contributed by atoms with van der Waals surface area (Å²) in [5, 5.41) is 0. The Hall–Kier alpha value is -1.17. The van der Waals surface area contributed by atoms with Gasteiger partial charge in [0.2, 0.25) is 0 Å². The molecular weight excluding hydrogens is 245 g/mol. The van der Waals surface area contributed by atoms with E-state index in [-0.39, 0.29) is 23.7 Å². The van der Waals surface area contributed by atoms with Gasteiger partial charge in [-0.3, -0.25) is 4.90 Å². The smallest absolute Gasteiger partial charge is 0.165 e. The molecule has 1 aliphatic rings. The third-order valence-electron chi connectivity index (χ3n) is 3.87. The number of piperazine rings is 1. The average molecular weight is 267 g/mol. The van der Waals surface area contributed by atoms with Gasteiger partial charge in [-0.05, 0) is 31.8 Å². The summed E-state index contributed by atoms with van der Waals surface area (Å²) in [4.78, 5) is 4.50. The maximum absolute atomic E-state index is 13.7. The van der Waals surface area contributed by atoms with E-state index in [9.17, 15) is 4.39 Å². The van der Waals surface area contributed by atoms with Crippen molar-refractivity contribution < 1.29 is 9.13 Å². The van der Waals surface area contributed by atoms with Gasteiger partial charge in [0.25, 0.3) is 0 Å². The Labute approximate surface area is 113 Å². The van der Waals surface area contributed by atoms with E-state index in [1.807, 2.05) is 6.07 Å². The highest BCUT2D eigenvalue weighted by atomic mass is 19.1. The van der Waals surface area contributed by atoms with Crippen molar-refractivity contribution >= 4 is 0 Å². The maximum atomic E-state index is 13.7. The molecule has 2 unspecified atom stereocenters. The first-order valence-corrected chi connectivity index (χ1v) is 6.50. The molecule has 0 amide bonds. The Bertz CT molecular complexity index is 441. The number of rotatable bonds is 3. The second-order valence-corrected chi connectivity index (χ2v) is 5.23. The van der Waals surface area contributed by atoms with Crippen LogP contribution in [0.5, 0.6) is 5.75 Å². The lowest BCUT2D eigenvalue weighted by atomic mass is 9.97. The third-order valence-corrected chi connectivity index (χ3v) is 3.87. The summed E-state index contributed by atoms with van der Waals surface area (Å²) < 4.78 is 18.7. The number of ether oxygens (including phenoxy) is 1. The van der Waals surface area contributed by atoms with Crippen LogP contribution in [0.3, 0.4) is 0 Å². The van der Waals surface area contributed by atoms with Crippen LogP contribution >= 0.6 is 0 Å². The second-order valence-electron chi connectivity index (χ2n) is 5.23. The van der Waals surface area contributed by atoms with Gasteiger partial charge in [0.1, 0.15) is 0 Å². The molecule has 0 radical (unpaired) electrons. The number of halogens is 1. The van der Waals surface area contributed by atoms with Crippen LogP contribution in [-0.2, 0) is 0 Å². The quantitative estimate of drug-likeness (QED) is 0.890. The number of hydrogen-bond acceptors (Lipinski definition) is 4. The minimum atomic E-state index is -0.359. The van der Waals surface area contributed by atoms with E-state index < -0.39 is 0 Å². The van der Waals surface area contributed by atoms with E-state index in [1.54, 1.807) is 6.07 Å². The lowest BCUT2D eigenvalue weighted by Gasteiger charge is -2.40. The molecule has 0 saturated carbocycles. The fraction of sp³-hybridized carbons (Fsp3) is 0.571. The first-order valence-electron chi connectivity index (χ1n) is 6.50. The van der Waals surface area contributed by atoms with Gasteiger partial charge in [-0.1, -0.05) is 6.07 Å². The molecule has 4 nitrogen and oxygen atoms in total. The molecule has 0 aromatic heterocycles. The number of nitrogens with two attached hydrogens (primary N) is 1. The normalized spacial score (nSPS) is 23.3. The standard InChI is InChI=1S/C14H22FN3O/c1-17-6-7-18(2)12(9-17)14(16)10-4-5-13(19-3)11(15)8-10/h4-5,8,12,14H,6-7,9,16H2,1-3H3. The van der Waals surface area contributed by atoms with E-state index in [4.69, 9.17) is 10.5 Å². The molecule has 1 heterocycles. The first-order chi connectivity index (χ1) is 9.02.